The smallest absolute Gasteiger partial charge is 0.131 e. The number of thioether (sulfide) groups is 1. The third kappa shape index (κ3) is 1.83. The summed E-state index contributed by atoms with van der Waals surface area (Å²) in [5.41, 5.74) is 0. The van der Waals surface area contributed by atoms with Crippen molar-refractivity contribution in [2.24, 2.45) is 5.92 Å². The molecular weight excluding hydrogens is 206 g/mol. The van der Waals surface area contributed by atoms with Crippen molar-refractivity contribution in [1.82, 2.24) is 5.32 Å². The molecule has 1 aromatic heterocycles. The lowest BCUT2D eigenvalue weighted by atomic mass is 10.3. The molecule has 0 radical (unpaired) electrons. The van der Waals surface area contributed by atoms with Crippen LogP contribution >= 0.6 is 11.8 Å². The topological polar surface area (TPSA) is 25.2 Å². The lowest BCUT2D eigenvalue weighted by Gasteiger charge is -2.06. The quantitative estimate of drug-likeness (QED) is 0.834. The SMILES string of the molecule is CC1CSC(c2ccc(C3CC3C)o2)N1. The summed E-state index contributed by atoms with van der Waals surface area (Å²) in [5.74, 6) is 5.01. The van der Waals surface area contributed by atoms with Crippen LogP contribution in [-0.2, 0) is 0 Å². The third-order valence-electron chi connectivity index (χ3n) is 3.33. The molecule has 1 aliphatic carbocycles. The Labute approximate surface area is 94.8 Å². The molecule has 2 nitrogen and oxygen atoms in total. The summed E-state index contributed by atoms with van der Waals surface area (Å²) >= 11 is 1.94. The number of furan rings is 1. The van der Waals surface area contributed by atoms with Crippen molar-refractivity contribution in [3.63, 3.8) is 0 Å². The molecular formula is C12H17NOS. The molecule has 3 rings (SSSR count). The first-order valence-electron chi connectivity index (χ1n) is 5.71. The average Bonchev–Trinajstić information content (AvgIpc) is 2.71. The van der Waals surface area contributed by atoms with Crippen LogP contribution in [0.15, 0.2) is 16.5 Å². The van der Waals surface area contributed by atoms with Crippen molar-refractivity contribution in [1.29, 1.82) is 0 Å². The second-order valence-corrected chi connectivity index (χ2v) is 5.98. The first-order chi connectivity index (χ1) is 7.24. The first-order valence-corrected chi connectivity index (χ1v) is 6.76. The van der Waals surface area contributed by atoms with Gasteiger partial charge in [-0.25, -0.2) is 0 Å². The Bertz CT molecular complexity index is 362. The Balaban J connectivity index is 1.73. The lowest BCUT2D eigenvalue weighted by molar-refractivity contribution is 0.437. The molecule has 1 saturated carbocycles. The molecule has 4 atom stereocenters. The predicted molar refractivity (Wildman–Crippen MR) is 63.0 cm³/mol. The summed E-state index contributed by atoms with van der Waals surface area (Å²) in [6.45, 7) is 4.51. The molecule has 1 N–H and O–H groups in total. The van der Waals surface area contributed by atoms with E-state index in [1.165, 1.54) is 17.9 Å². The zero-order chi connectivity index (χ0) is 10.4. The van der Waals surface area contributed by atoms with E-state index < -0.39 is 0 Å². The van der Waals surface area contributed by atoms with Crippen LogP contribution in [0.25, 0.3) is 0 Å². The van der Waals surface area contributed by atoms with Crippen LogP contribution < -0.4 is 5.32 Å². The highest BCUT2D eigenvalue weighted by molar-refractivity contribution is 7.99. The number of nitrogens with one attached hydrogen (secondary N) is 1. The normalized spacial score (nSPS) is 39.6. The number of hydrogen-bond acceptors (Lipinski definition) is 3. The van der Waals surface area contributed by atoms with E-state index in [1.807, 2.05) is 11.8 Å². The van der Waals surface area contributed by atoms with Gasteiger partial charge in [-0.05, 0) is 31.4 Å². The molecule has 0 amide bonds. The van der Waals surface area contributed by atoms with Crippen LogP contribution in [0.5, 0.6) is 0 Å². The highest BCUT2D eigenvalue weighted by atomic mass is 32.2. The fourth-order valence-electron chi connectivity index (χ4n) is 2.19. The van der Waals surface area contributed by atoms with Crippen molar-refractivity contribution in [2.45, 2.75) is 37.6 Å². The van der Waals surface area contributed by atoms with Gasteiger partial charge in [-0.2, -0.15) is 0 Å². The van der Waals surface area contributed by atoms with E-state index in [-0.39, 0.29) is 0 Å². The summed E-state index contributed by atoms with van der Waals surface area (Å²) in [7, 11) is 0. The molecule has 1 aromatic rings. The van der Waals surface area contributed by atoms with E-state index in [1.54, 1.807) is 0 Å². The van der Waals surface area contributed by atoms with Gasteiger partial charge in [-0.15, -0.1) is 11.8 Å². The minimum Gasteiger partial charge on any atom is -0.463 e. The van der Waals surface area contributed by atoms with Gasteiger partial charge in [0.2, 0.25) is 0 Å². The molecule has 2 fully saturated rings. The van der Waals surface area contributed by atoms with Crippen molar-refractivity contribution in [3.05, 3.63) is 23.7 Å². The monoisotopic (exact) mass is 223 g/mol. The van der Waals surface area contributed by atoms with Crippen LogP contribution in [0.2, 0.25) is 0 Å². The molecule has 0 aromatic carbocycles. The zero-order valence-corrected chi connectivity index (χ0v) is 10.0. The van der Waals surface area contributed by atoms with Crippen molar-refractivity contribution >= 4 is 11.8 Å². The summed E-state index contributed by atoms with van der Waals surface area (Å²) in [5, 5.41) is 3.90. The predicted octanol–water partition coefficient (Wildman–Crippen LogP) is 3.13. The molecule has 1 saturated heterocycles. The molecule has 2 heterocycles. The second-order valence-electron chi connectivity index (χ2n) is 4.84. The van der Waals surface area contributed by atoms with Crippen LogP contribution in [0.1, 0.15) is 43.1 Å². The van der Waals surface area contributed by atoms with Gasteiger partial charge < -0.3 is 4.42 Å². The third-order valence-corrected chi connectivity index (χ3v) is 4.72. The minimum atomic E-state index is 0.378. The van der Waals surface area contributed by atoms with E-state index in [0.717, 1.165) is 11.7 Å². The Morgan fingerprint density at radius 1 is 1.33 bits per heavy atom. The first kappa shape index (κ1) is 9.79. The maximum absolute atomic E-state index is 5.93. The van der Waals surface area contributed by atoms with Crippen LogP contribution in [0, 0.1) is 5.92 Å². The van der Waals surface area contributed by atoms with Crippen molar-refractivity contribution in [2.75, 3.05) is 5.75 Å². The fourth-order valence-corrected chi connectivity index (χ4v) is 3.38. The van der Waals surface area contributed by atoms with E-state index >= 15 is 0 Å². The van der Waals surface area contributed by atoms with Gasteiger partial charge in [-0.3, -0.25) is 5.32 Å². The molecule has 2 aliphatic rings. The summed E-state index contributed by atoms with van der Waals surface area (Å²) in [4.78, 5) is 0. The maximum Gasteiger partial charge on any atom is 0.131 e. The summed E-state index contributed by atoms with van der Waals surface area (Å²) in [6, 6.07) is 4.91. The lowest BCUT2D eigenvalue weighted by Crippen LogP contribution is -2.21. The van der Waals surface area contributed by atoms with Crippen molar-refractivity contribution in [3.8, 4) is 0 Å². The van der Waals surface area contributed by atoms with E-state index in [2.05, 4.69) is 31.3 Å². The molecule has 3 heteroatoms. The largest absolute Gasteiger partial charge is 0.463 e. The van der Waals surface area contributed by atoms with Gasteiger partial charge in [-0.1, -0.05) is 6.92 Å². The van der Waals surface area contributed by atoms with Gasteiger partial charge in [0.05, 0.1) is 0 Å². The highest BCUT2D eigenvalue weighted by Gasteiger charge is 2.37. The van der Waals surface area contributed by atoms with Gasteiger partial charge in [0.1, 0.15) is 16.9 Å². The highest BCUT2D eigenvalue weighted by Crippen LogP contribution is 2.48. The Morgan fingerprint density at radius 3 is 2.67 bits per heavy atom. The Hall–Kier alpha value is -0.410. The van der Waals surface area contributed by atoms with Crippen LogP contribution in [0.3, 0.4) is 0 Å². The summed E-state index contributed by atoms with van der Waals surface area (Å²) in [6.07, 6.45) is 1.30. The van der Waals surface area contributed by atoms with Gasteiger partial charge in [0.15, 0.2) is 0 Å². The maximum atomic E-state index is 5.93. The average molecular weight is 223 g/mol. The minimum absolute atomic E-state index is 0.378. The molecule has 82 valence electrons. The molecule has 4 unspecified atom stereocenters. The number of hydrogen-bond donors (Lipinski definition) is 1. The van der Waals surface area contributed by atoms with Crippen molar-refractivity contribution < 1.29 is 4.42 Å². The fraction of sp³-hybridized carbons (Fsp3) is 0.667. The molecule has 1 aliphatic heterocycles. The molecule has 15 heavy (non-hydrogen) atoms. The van der Waals surface area contributed by atoms with E-state index in [4.69, 9.17) is 4.42 Å². The number of rotatable bonds is 2. The standard InChI is InChI=1S/C12H17NOS/c1-7-5-9(7)10-3-4-11(14-10)12-13-8(2)6-15-12/h3-4,7-9,12-13H,5-6H2,1-2H3. The zero-order valence-electron chi connectivity index (χ0n) is 9.19. The van der Waals surface area contributed by atoms with Gasteiger partial charge in [0.25, 0.3) is 0 Å². The molecule has 0 bridgehead atoms. The van der Waals surface area contributed by atoms with Gasteiger partial charge in [0, 0.05) is 17.7 Å². The second kappa shape index (κ2) is 3.56. The van der Waals surface area contributed by atoms with Gasteiger partial charge >= 0.3 is 0 Å². The Morgan fingerprint density at radius 2 is 2.07 bits per heavy atom. The van der Waals surface area contributed by atoms with Crippen LogP contribution in [0.4, 0.5) is 0 Å². The summed E-state index contributed by atoms with van der Waals surface area (Å²) < 4.78 is 5.93. The van der Waals surface area contributed by atoms with Crippen LogP contribution in [-0.4, -0.2) is 11.8 Å². The van der Waals surface area contributed by atoms with E-state index in [9.17, 15) is 0 Å². The van der Waals surface area contributed by atoms with E-state index in [0.29, 0.717) is 17.3 Å². The molecule has 0 spiro atoms. The Kier molecular flexibility index (Phi) is 2.33.